The van der Waals surface area contributed by atoms with E-state index in [1.807, 2.05) is 0 Å². The number of hydrogen-bond acceptors (Lipinski definition) is 4. The third-order valence-electron chi connectivity index (χ3n) is 3.91. The molecule has 1 aromatic carbocycles. The largest absolute Gasteiger partial charge is 0.450 e. The lowest BCUT2D eigenvalue weighted by atomic mass is 10.1. The lowest BCUT2D eigenvalue weighted by Gasteiger charge is -2.31. The van der Waals surface area contributed by atoms with Crippen molar-refractivity contribution in [2.45, 2.75) is 32.2 Å². The summed E-state index contributed by atoms with van der Waals surface area (Å²) in [5.74, 6) is -0.531. The van der Waals surface area contributed by atoms with E-state index in [1.165, 1.54) is 12.1 Å². The van der Waals surface area contributed by atoms with E-state index in [2.05, 4.69) is 10.6 Å². The van der Waals surface area contributed by atoms with E-state index >= 15 is 0 Å². The van der Waals surface area contributed by atoms with E-state index in [0.717, 1.165) is 12.8 Å². The van der Waals surface area contributed by atoms with Crippen LogP contribution in [0.3, 0.4) is 0 Å². The number of nitrogens with one attached hydrogen (secondary N) is 2. The first-order valence-electron chi connectivity index (χ1n) is 8.29. The highest BCUT2D eigenvalue weighted by Gasteiger charge is 2.23. The molecule has 1 aliphatic rings. The fourth-order valence-corrected chi connectivity index (χ4v) is 2.66. The molecule has 1 aromatic rings. The van der Waals surface area contributed by atoms with Gasteiger partial charge in [-0.05, 0) is 38.0 Å². The number of halogens is 1. The minimum Gasteiger partial charge on any atom is -0.450 e. The van der Waals surface area contributed by atoms with Gasteiger partial charge in [0.25, 0.3) is 0 Å². The average molecular weight is 337 g/mol. The lowest BCUT2D eigenvalue weighted by molar-refractivity contribution is -0.116. The summed E-state index contributed by atoms with van der Waals surface area (Å²) in [7, 11) is 0. The van der Waals surface area contributed by atoms with Crippen LogP contribution in [-0.2, 0) is 9.53 Å². The molecule has 7 heteroatoms. The summed E-state index contributed by atoms with van der Waals surface area (Å²) in [6, 6.07) is 6.12. The van der Waals surface area contributed by atoms with E-state index in [0.29, 0.717) is 38.3 Å². The molecule has 0 unspecified atom stereocenters. The second-order valence-electron chi connectivity index (χ2n) is 5.72. The molecular formula is C17H24FN3O3. The normalized spacial score (nSPS) is 15.2. The molecule has 0 saturated carbocycles. The fourth-order valence-electron chi connectivity index (χ4n) is 2.66. The van der Waals surface area contributed by atoms with Crippen molar-refractivity contribution >= 4 is 17.7 Å². The van der Waals surface area contributed by atoms with Crippen molar-refractivity contribution in [3.8, 4) is 0 Å². The van der Waals surface area contributed by atoms with Crippen LogP contribution in [0.4, 0.5) is 14.9 Å². The Labute approximate surface area is 141 Å². The molecule has 2 amide bonds. The van der Waals surface area contributed by atoms with Crippen molar-refractivity contribution in [2.75, 3.05) is 31.6 Å². The SMILES string of the molecule is CCOC(=O)N1CCC(NCCC(=O)Nc2cccc(F)c2)CC1. The number of anilines is 1. The maximum atomic E-state index is 13.0. The molecule has 2 rings (SSSR count). The minimum absolute atomic E-state index is 0.156. The van der Waals surface area contributed by atoms with Crippen molar-refractivity contribution in [2.24, 2.45) is 0 Å². The number of carbonyl (C=O) groups is 2. The van der Waals surface area contributed by atoms with Crippen LogP contribution in [0.15, 0.2) is 24.3 Å². The molecule has 1 saturated heterocycles. The number of carbonyl (C=O) groups excluding carboxylic acids is 2. The standard InChI is InChI=1S/C17H24FN3O3/c1-2-24-17(23)21-10-7-14(8-11-21)19-9-6-16(22)20-15-5-3-4-13(18)12-15/h3-5,12,14,19H,2,6-11H2,1H3,(H,20,22). The maximum absolute atomic E-state index is 13.0. The molecule has 132 valence electrons. The van der Waals surface area contributed by atoms with Gasteiger partial charge in [0.05, 0.1) is 6.61 Å². The van der Waals surface area contributed by atoms with E-state index in [1.54, 1.807) is 24.0 Å². The Kier molecular flexibility index (Phi) is 6.99. The summed E-state index contributed by atoms with van der Waals surface area (Å²) >= 11 is 0. The molecule has 24 heavy (non-hydrogen) atoms. The van der Waals surface area contributed by atoms with Gasteiger partial charge in [-0.3, -0.25) is 4.79 Å². The predicted molar refractivity (Wildman–Crippen MR) is 89.3 cm³/mol. The summed E-state index contributed by atoms with van der Waals surface area (Å²) in [4.78, 5) is 25.2. The van der Waals surface area contributed by atoms with Crippen LogP contribution >= 0.6 is 0 Å². The number of piperidine rings is 1. The number of amides is 2. The third kappa shape index (κ3) is 5.81. The summed E-state index contributed by atoms with van der Waals surface area (Å²) in [5.41, 5.74) is 0.461. The molecule has 0 atom stereocenters. The Balaban J connectivity index is 1.63. The van der Waals surface area contributed by atoms with Crippen molar-refractivity contribution < 1.29 is 18.7 Å². The molecule has 1 heterocycles. The number of hydrogen-bond donors (Lipinski definition) is 2. The van der Waals surface area contributed by atoms with Crippen LogP contribution in [0, 0.1) is 5.82 Å². The third-order valence-corrected chi connectivity index (χ3v) is 3.91. The monoisotopic (exact) mass is 337 g/mol. The van der Waals surface area contributed by atoms with Gasteiger partial charge >= 0.3 is 6.09 Å². The van der Waals surface area contributed by atoms with Crippen LogP contribution in [0.1, 0.15) is 26.2 Å². The van der Waals surface area contributed by atoms with Crippen LogP contribution < -0.4 is 10.6 Å². The summed E-state index contributed by atoms with van der Waals surface area (Å²) < 4.78 is 18.0. The van der Waals surface area contributed by atoms with Crippen LogP contribution in [0.25, 0.3) is 0 Å². The highest BCUT2D eigenvalue weighted by atomic mass is 19.1. The molecule has 0 aromatic heterocycles. The first-order valence-corrected chi connectivity index (χ1v) is 8.29. The topological polar surface area (TPSA) is 70.7 Å². The average Bonchev–Trinajstić information content (AvgIpc) is 2.55. The molecule has 2 N–H and O–H groups in total. The Bertz CT molecular complexity index is 560. The van der Waals surface area contributed by atoms with Gasteiger partial charge in [-0.15, -0.1) is 0 Å². The Morgan fingerprint density at radius 3 is 2.75 bits per heavy atom. The molecular weight excluding hydrogens is 313 g/mol. The van der Waals surface area contributed by atoms with Crippen LogP contribution in [0.2, 0.25) is 0 Å². The van der Waals surface area contributed by atoms with Crippen molar-refractivity contribution in [1.29, 1.82) is 0 Å². The van der Waals surface area contributed by atoms with Gasteiger partial charge in [0.2, 0.25) is 5.91 Å². The van der Waals surface area contributed by atoms with Crippen molar-refractivity contribution in [1.82, 2.24) is 10.2 Å². The molecule has 0 aliphatic carbocycles. The Morgan fingerprint density at radius 1 is 1.33 bits per heavy atom. The molecule has 0 bridgehead atoms. The first-order chi connectivity index (χ1) is 11.6. The molecule has 1 fully saturated rings. The van der Waals surface area contributed by atoms with Crippen LogP contribution in [-0.4, -0.2) is 49.2 Å². The summed E-state index contributed by atoms with van der Waals surface area (Å²) in [6.45, 7) is 4.04. The van der Waals surface area contributed by atoms with E-state index in [9.17, 15) is 14.0 Å². The van der Waals surface area contributed by atoms with Crippen LogP contribution in [0.5, 0.6) is 0 Å². The van der Waals surface area contributed by atoms with E-state index in [4.69, 9.17) is 4.74 Å². The molecule has 1 aliphatic heterocycles. The van der Waals surface area contributed by atoms with E-state index in [-0.39, 0.29) is 23.9 Å². The zero-order valence-electron chi connectivity index (χ0n) is 13.9. The Morgan fingerprint density at radius 2 is 2.08 bits per heavy atom. The van der Waals surface area contributed by atoms with E-state index < -0.39 is 0 Å². The Hall–Kier alpha value is -2.15. The van der Waals surface area contributed by atoms with Crippen molar-refractivity contribution in [3.63, 3.8) is 0 Å². The summed E-state index contributed by atoms with van der Waals surface area (Å²) in [5, 5.41) is 6.00. The van der Waals surface area contributed by atoms with Gasteiger partial charge in [0, 0.05) is 37.8 Å². The summed E-state index contributed by atoms with van der Waals surface area (Å²) in [6.07, 6.45) is 1.73. The van der Waals surface area contributed by atoms with Gasteiger partial charge in [0.1, 0.15) is 5.82 Å². The quantitative estimate of drug-likeness (QED) is 0.836. The highest BCUT2D eigenvalue weighted by Crippen LogP contribution is 2.12. The predicted octanol–water partition coefficient (Wildman–Crippen LogP) is 2.36. The maximum Gasteiger partial charge on any atom is 0.409 e. The number of ether oxygens (including phenoxy) is 1. The van der Waals surface area contributed by atoms with Crippen molar-refractivity contribution in [3.05, 3.63) is 30.1 Å². The second kappa shape index (κ2) is 9.22. The molecule has 0 radical (unpaired) electrons. The van der Waals surface area contributed by atoms with Gasteiger partial charge in [-0.25, -0.2) is 9.18 Å². The van der Waals surface area contributed by atoms with Gasteiger partial charge in [0.15, 0.2) is 0 Å². The lowest BCUT2D eigenvalue weighted by Crippen LogP contribution is -2.45. The van der Waals surface area contributed by atoms with Gasteiger partial charge in [-0.1, -0.05) is 6.07 Å². The second-order valence-corrected chi connectivity index (χ2v) is 5.72. The fraction of sp³-hybridized carbons (Fsp3) is 0.529. The van der Waals surface area contributed by atoms with Gasteiger partial charge < -0.3 is 20.3 Å². The number of nitrogens with zero attached hydrogens (tertiary/aromatic N) is 1. The molecule has 0 spiro atoms. The number of rotatable bonds is 6. The first kappa shape index (κ1) is 18.2. The number of benzene rings is 1. The van der Waals surface area contributed by atoms with Gasteiger partial charge in [-0.2, -0.15) is 0 Å². The zero-order valence-corrected chi connectivity index (χ0v) is 13.9. The smallest absolute Gasteiger partial charge is 0.409 e. The minimum atomic E-state index is -0.376. The molecule has 6 nitrogen and oxygen atoms in total. The zero-order chi connectivity index (χ0) is 17.4. The highest BCUT2D eigenvalue weighted by molar-refractivity contribution is 5.90. The number of likely N-dealkylation sites (tertiary alicyclic amines) is 1.